The molecule has 1 unspecified atom stereocenters. The molecule has 1 aliphatic heterocycles. The minimum absolute atomic E-state index is 0. The lowest BCUT2D eigenvalue weighted by atomic mass is 9.88. The molecule has 2 aromatic rings. The largest absolute Gasteiger partial charge is 0.492 e. The van der Waals surface area contributed by atoms with E-state index in [1.54, 1.807) is 11.0 Å². The molecule has 1 amide bonds. The second-order valence-electron chi connectivity index (χ2n) is 5.73. The summed E-state index contributed by atoms with van der Waals surface area (Å²) in [6, 6.07) is 7.45. The van der Waals surface area contributed by atoms with Crippen molar-refractivity contribution in [1.82, 2.24) is 20.1 Å². The van der Waals surface area contributed by atoms with Crippen molar-refractivity contribution in [3.05, 3.63) is 36.9 Å². The summed E-state index contributed by atoms with van der Waals surface area (Å²) >= 11 is 0. The molecule has 1 fully saturated rings. The topological polar surface area (TPSA) is 81.1 Å². The predicted octanol–water partition coefficient (Wildman–Crippen LogP) is 1.99. The second kappa shape index (κ2) is 10.2. The van der Waals surface area contributed by atoms with Gasteiger partial charge in [0.2, 0.25) is 5.91 Å². The predicted molar refractivity (Wildman–Crippen MR) is 101 cm³/mol. The molecule has 1 aliphatic rings. The first-order chi connectivity index (χ1) is 11.2. The van der Waals surface area contributed by atoms with E-state index in [9.17, 15) is 4.79 Å². The first-order valence-electron chi connectivity index (χ1n) is 7.79. The number of carbonyl (C=O) groups excluding carboxylic acids is 1. The fourth-order valence-electron chi connectivity index (χ4n) is 2.40. The summed E-state index contributed by atoms with van der Waals surface area (Å²) in [4.78, 5) is 16.1. The summed E-state index contributed by atoms with van der Waals surface area (Å²) in [7, 11) is 0. The van der Waals surface area contributed by atoms with Gasteiger partial charge in [0.1, 0.15) is 25.0 Å². The molecular weight excluding hydrogens is 365 g/mol. The van der Waals surface area contributed by atoms with Crippen molar-refractivity contribution in [2.24, 2.45) is 11.8 Å². The van der Waals surface area contributed by atoms with Crippen LogP contribution in [0.2, 0.25) is 0 Å². The molecule has 1 atom stereocenters. The lowest BCUT2D eigenvalue weighted by Gasteiger charge is -2.31. The summed E-state index contributed by atoms with van der Waals surface area (Å²) in [5, 5.41) is 10.2. The van der Waals surface area contributed by atoms with Crippen molar-refractivity contribution in [3.8, 4) is 5.75 Å². The number of halogens is 2. The third-order valence-corrected chi connectivity index (χ3v) is 4.09. The first kappa shape index (κ1) is 21.2. The van der Waals surface area contributed by atoms with Crippen molar-refractivity contribution >= 4 is 36.4 Å². The molecule has 138 valence electrons. The highest BCUT2D eigenvalue weighted by Crippen LogP contribution is 2.21. The molecule has 0 aliphatic carbocycles. The zero-order valence-electron chi connectivity index (χ0n) is 13.9. The Labute approximate surface area is 159 Å². The first-order valence-corrected chi connectivity index (χ1v) is 7.79. The Morgan fingerprint density at radius 3 is 2.88 bits per heavy atom. The van der Waals surface area contributed by atoms with E-state index in [0.29, 0.717) is 19.1 Å². The SMILES string of the molecule is CC(C(=O)Nc1cccc(OCCn2cncn2)c1)C1CNC1.Cl.Cl. The highest BCUT2D eigenvalue weighted by Gasteiger charge is 2.28. The van der Waals surface area contributed by atoms with Crippen LogP contribution in [0.5, 0.6) is 5.75 Å². The van der Waals surface area contributed by atoms with Gasteiger partial charge in [0.25, 0.3) is 0 Å². The number of benzene rings is 1. The average Bonchev–Trinajstić information content (AvgIpc) is 2.99. The van der Waals surface area contributed by atoms with Gasteiger partial charge >= 0.3 is 0 Å². The van der Waals surface area contributed by atoms with Crippen LogP contribution in [-0.2, 0) is 11.3 Å². The number of anilines is 1. The lowest BCUT2D eigenvalue weighted by molar-refractivity contribution is -0.121. The number of hydrogen-bond acceptors (Lipinski definition) is 5. The van der Waals surface area contributed by atoms with Crippen LogP contribution in [0.3, 0.4) is 0 Å². The van der Waals surface area contributed by atoms with Crippen LogP contribution in [0.15, 0.2) is 36.9 Å². The van der Waals surface area contributed by atoms with E-state index in [-0.39, 0.29) is 36.6 Å². The van der Waals surface area contributed by atoms with Gasteiger partial charge in [0.15, 0.2) is 0 Å². The standard InChI is InChI=1S/C16H21N5O2.2ClH/c1-12(13-8-17-9-13)16(22)20-14-3-2-4-15(7-14)23-6-5-21-11-18-10-19-21;;/h2-4,7,10-13,17H,5-6,8-9H2,1H3,(H,20,22);2*1H. The molecule has 1 saturated heterocycles. The minimum Gasteiger partial charge on any atom is -0.492 e. The molecule has 25 heavy (non-hydrogen) atoms. The molecule has 2 N–H and O–H groups in total. The van der Waals surface area contributed by atoms with Crippen LogP contribution in [0.25, 0.3) is 0 Å². The molecule has 3 rings (SSSR count). The summed E-state index contributed by atoms with van der Waals surface area (Å²) in [5.74, 6) is 1.21. The third-order valence-electron chi connectivity index (χ3n) is 4.09. The highest BCUT2D eigenvalue weighted by atomic mass is 35.5. The molecule has 1 aromatic carbocycles. The van der Waals surface area contributed by atoms with Crippen LogP contribution in [-0.4, -0.2) is 40.4 Å². The monoisotopic (exact) mass is 387 g/mol. The van der Waals surface area contributed by atoms with Crippen LogP contribution < -0.4 is 15.4 Å². The Kier molecular flexibility index (Phi) is 8.68. The molecule has 9 heteroatoms. The maximum atomic E-state index is 12.2. The van der Waals surface area contributed by atoms with E-state index >= 15 is 0 Å². The number of amides is 1. The number of hydrogen-bond donors (Lipinski definition) is 2. The van der Waals surface area contributed by atoms with Gasteiger partial charge in [-0.15, -0.1) is 24.8 Å². The van der Waals surface area contributed by atoms with Crippen molar-refractivity contribution in [2.75, 3.05) is 25.0 Å². The summed E-state index contributed by atoms with van der Waals surface area (Å²) < 4.78 is 7.40. The molecule has 0 saturated carbocycles. The zero-order valence-corrected chi connectivity index (χ0v) is 15.6. The molecular formula is C16H23Cl2N5O2. The number of nitrogens with one attached hydrogen (secondary N) is 2. The number of carbonyl (C=O) groups is 1. The Balaban J connectivity index is 0.00000156. The van der Waals surface area contributed by atoms with Crippen molar-refractivity contribution in [1.29, 1.82) is 0 Å². The van der Waals surface area contributed by atoms with Crippen LogP contribution >= 0.6 is 24.8 Å². The van der Waals surface area contributed by atoms with Crippen LogP contribution in [0.1, 0.15) is 6.92 Å². The Morgan fingerprint density at radius 2 is 2.24 bits per heavy atom. The van der Waals surface area contributed by atoms with Gasteiger partial charge < -0.3 is 15.4 Å². The van der Waals surface area contributed by atoms with Gasteiger partial charge in [-0.1, -0.05) is 13.0 Å². The van der Waals surface area contributed by atoms with Gasteiger partial charge in [0, 0.05) is 17.7 Å². The van der Waals surface area contributed by atoms with Crippen molar-refractivity contribution in [3.63, 3.8) is 0 Å². The Bertz CT molecular complexity index is 650. The van der Waals surface area contributed by atoms with Gasteiger partial charge in [-0.3, -0.25) is 4.79 Å². The van der Waals surface area contributed by atoms with E-state index in [0.717, 1.165) is 24.5 Å². The van der Waals surface area contributed by atoms with E-state index < -0.39 is 0 Å². The van der Waals surface area contributed by atoms with Gasteiger partial charge in [-0.2, -0.15) is 5.10 Å². The maximum absolute atomic E-state index is 12.2. The van der Waals surface area contributed by atoms with Gasteiger partial charge in [-0.25, -0.2) is 9.67 Å². The molecule has 7 nitrogen and oxygen atoms in total. The minimum atomic E-state index is 0. The highest BCUT2D eigenvalue weighted by molar-refractivity contribution is 5.92. The number of ether oxygens (including phenoxy) is 1. The van der Waals surface area contributed by atoms with Gasteiger partial charge in [-0.05, 0) is 31.1 Å². The van der Waals surface area contributed by atoms with E-state index in [2.05, 4.69) is 20.7 Å². The number of nitrogens with zero attached hydrogens (tertiary/aromatic N) is 3. The quantitative estimate of drug-likeness (QED) is 0.758. The van der Waals surface area contributed by atoms with E-state index in [1.165, 1.54) is 6.33 Å². The van der Waals surface area contributed by atoms with Crippen LogP contribution in [0, 0.1) is 11.8 Å². The third kappa shape index (κ3) is 5.88. The summed E-state index contributed by atoms with van der Waals surface area (Å²) in [5.41, 5.74) is 0.757. The molecule has 2 heterocycles. The van der Waals surface area contributed by atoms with Gasteiger partial charge in [0.05, 0.1) is 6.54 Å². The van der Waals surface area contributed by atoms with E-state index in [1.807, 2.05) is 31.2 Å². The normalized spacial score (nSPS) is 14.4. The molecule has 1 aromatic heterocycles. The Morgan fingerprint density at radius 1 is 1.44 bits per heavy atom. The second-order valence-corrected chi connectivity index (χ2v) is 5.73. The van der Waals surface area contributed by atoms with Crippen molar-refractivity contribution in [2.45, 2.75) is 13.5 Å². The fraction of sp³-hybridized carbons (Fsp3) is 0.438. The molecule has 0 bridgehead atoms. The summed E-state index contributed by atoms with van der Waals surface area (Å²) in [6.07, 6.45) is 3.14. The van der Waals surface area contributed by atoms with E-state index in [4.69, 9.17) is 4.74 Å². The average molecular weight is 388 g/mol. The van der Waals surface area contributed by atoms with Crippen molar-refractivity contribution < 1.29 is 9.53 Å². The summed E-state index contributed by atoms with van der Waals surface area (Å²) in [6.45, 7) is 4.92. The lowest BCUT2D eigenvalue weighted by Crippen LogP contribution is -2.48. The number of aromatic nitrogens is 3. The molecule has 0 spiro atoms. The smallest absolute Gasteiger partial charge is 0.227 e. The molecule has 0 radical (unpaired) electrons. The Hall–Kier alpha value is -1.83. The maximum Gasteiger partial charge on any atom is 0.227 e. The van der Waals surface area contributed by atoms with Crippen LogP contribution in [0.4, 0.5) is 5.69 Å². The number of rotatable bonds is 7. The fourth-order valence-corrected chi connectivity index (χ4v) is 2.40. The zero-order chi connectivity index (χ0) is 16.1.